The lowest BCUT2D eigenvalue weighted by Crippen LogP contribution is -2.49. The molecule has 0 atom stereocenters. The Morgan fingerprint density at radius 2 is 2.00 bits per heavy atom. The van der Waals surface area contributed by atoms with Crippen LogP contribution >= 0.6 is 23.7 Å². The first-order valence-electron chi connectivity index (χ1n) is 7.18. The third-order valence-electron chi connectivity index (χ3n) is 3.87. The molecule has 132 valence electrons. The van der Waals surface area contributed by atoms with E-state index in [0.717, 1.165) is 49.9 Å². The summed E-state index contributed by atoms with van der Waals surface area (Å²) >= 11 is 0.887. The zero-order valence-electron chi connectivity index (χ0n) is 12.9. The van der Waals surface area contributed by atoms with Crippen LogP contribution in [0, 0.1) is 0 Å². The lowest BCUT2D eigenvalue weighted by atomic mass is 9.92. The maximum atomic E-state index is 12.4. The first kappa shape index (κ1) is 20.3. The number of hydrogen-bond acceptors (Lipinski definition) is 7. The minimum Gasteiger partial charge on any atom is -0.464 e. The van der Waals surface area contributed by atoms with Gasteiger partial charge in [0.05, 0.1) is 12.6 Å². The van der Waals surface area contributed by atoms with E-state index in [1.54, 1.807) is 0 Å². The van der Waals surface area contributed by atoms with Crippen molar-refractivity contribution in [2.24, 2.45) is 5.73 Å². The van der Waals surface area contributed by atoms with Crippen molar-refractivity contribution in [3.8, 4) is 0 Å². The van der Waals surface area contributed by atoms with Gasteiger partial charge in [-0.15, -0.1) is 23.7 Å². The Hall–Kier alpha value is -0.740. The maximum absolute atomic E-state index is 12.4. The van der Waals surface area contributed by atoms with Crippen molar-refractivity contribution in [3.05, 3.63) is 11.2 Å². The average molecular weight is 384 g/mol. The largest absolute Gasteiger partial charge is 0.464 e. The predicted molar refractivity (Wildman–Crippen MR) is 90.5 cm³/mol. The Bertz CT molecular complexity index is 625. The lowest BCUT2D eigenvalue weighted by Gasteiger charge is -2.28. The molecule has 7 nitrogen and oxygen atoms in total. The summed E-state index contributed by atoms with van der Waals surface area (Å²) in [7, 11) is -2.64. The van der Waals surface area contributed by atoms with Gasteiger partial charge < -0.3 is 10.5 Å². The van der Waals surface area contributed by atoms with E-state index in [1.165, 1.54) is 12.6 Å². The van der Waals surface area contributed by atoms with Gasteiger partial charge in [0.2, 0.25) is 0 Å². The van der Waals surface area contributed by atoms with E-state index >= 15 is 0 Å². The first-order chi connectivity index (χ1) is 10.4. The SMILES string of the molecule is COC(=O)c1ncsc1S(=O)(=O)NCC1(N)CCCCCC1.Cl. The molecule has 0 aliphatic heterocycles. The van der Waals surface area contributed by atoms with Gasteiger partial charge in [0, 0.05) is 12.1 Å². The predicted octanol–water partition coefficient (Wildman–Crippen LogP) is 1.68. The molecule has 10 heteroatoms. The number of thiazole rings is 1. The summed E-state index contributed by atoms with van der Waals surface area (Å²) in [6.07, 6.45) is 5.86. The molecular weight excluding hydrogens is 362 g/mol. The number of nitrogens with zero attached hydrogens (tertiary/aromatic N) is 1. The van der Waals surface area contributed by atoms with Crippen LogP contribution in [0.3, 0.4) is 0 Å². The van der Waals surface area contributed by atoms with Crippen LogP contribution in [0.15, 0.2) is 9.72 Å². The summed E-state index contributed by atoms with van der Waals surface area (Å²) < 4.78 is 31.8. The van der Waals surface area contributed by atoms with Gasteiger partial charge in [-0.1, -0.05) is 25.7 Å². The molecular formula is C13H22ClN3O4S2. The number of hydrogen-bond donors (Lipinski definition) is 2. The summed E-state index contributed by atoms with van der Waals surface area (Å²) in [5.74, 6) is -0.765. The number of carbonyl (C=O) groups is 1. The number of carbonyl (C=O) groups excluding carboxylic acids is 1. The number of nitrogens with two attached hydrogens (primary N) is 1. The molecule has 1 heterocycles. The van der Waals surface area contributed by atoms with Gasteiger partial charge in [-0.25, -0.2) is 22.9 Å². The molecule has 0 aromatic carbocycles. The fourth-order valence-corrected chi connectivity index (χ4v) is 4.89. The van der Waals surface area contributed by atoms with Gasteiger partial charge in [0.1, 0.15) is 0 Å². The Morgan fingerprint density at radius 1 is 1.39 bits per heavy atom. The van der Waals surface area contributed by atoms with Crippen molar-refractivity contribution >= 4 is 39.7 Å². The first-order valence-corrected chi connectivity index (χ1v) is 9.55. The van der Waals surface area contributed by atoms with Crippen molar-refractivity contribution in [2.75, 3.05) is 13.7 Å². The lowest BCUT2D eigenvalue weighted by molar-refractivity contribution is 0.0590. The molecule has 0 saturated heterocycles. The molecule has 0 radical (unpaired) electrons. The van der Waals surface area contributed by atoms with Gasteiger partial charge in [-0.3, -0.25) is 0 Å². The summed E-state index contributed by atoms with van der Waals surface area (Å²) in [6, 6.07) is 0. The normalized spacial score (nSPS) is 17.8. The molecule has 0 spiro atoms. The molecule has 1 aliphatic carbocycles. The highest BCUT2D eigenvalue weighted by atomic mass is 35.5. The van der Waals surface area contributed by atoms with Crippen LogP contribution in [0.2, 0.25) is 0 Å². The zero-order valence-corrected chi connectivity index (χ0v) is 15.4. The topological polar surface area (TPSA) is 111 Å². The van der Waals surface area contributed by atoms with Crippen molar-refractivity contribution < 1.29 is 17.9 Å². The number of rotatable bonds is 5. The average Bonchev–Trinajstić information content (AvgIpc) is 2.89. The van der Waals surface area contributed by atoms with Crippen LogP contribution in [0.4, 0.5) is 0 Å². The molecule has 1 aromatic rings. The van der Waals surface area contributed by atoms with Crippen LogP contribution in [-0.2, 0) is 14.8 Å². The number of esters is 1. The Balaban J connectivity index is 0.00000264. The highest BCUT2D eigenvalue weighted by Gasteiger charge is 2.31. The number of methoxy groups -OCH3 is 1. The second-order valence-electron chi connectivity index (χ2n) is 5.58. The quantitative estimate of drug-likeness (QED) is 0.591. The van der Waals surface area contributed by atoms with E-state index in [0.29, 0.717) is 0 Å². The van der Waals surface area contributed by atoms with E-state index in [2.05, 4.69) is 14.4 Å². The minimum absolute atomic E-state index is 0. The fraction of sp³-hybridized carbons (Fsp3) is 0.692. The molecule has 0 bridgehead atoms. The van der Waals surface area contributed by atoms with Gasteiger partial charge in [0.15, 0.2) is 9.90 Å². The smallest absolute Gasteiger partial charge is 0.358 e. The van der Waals surface area contributed by atoms with Crippen LogP contribution in [0.5, 0.6) is 0 Å². The van der Waals surface area contributed by atoms with Gasteiger partial charge in [-0.05, 0) is 12.8 Å². The molecule has 2 rings (SSSR count). The van der Waals surface area contributed by atoms with Gasteiger partial charge in [0.25, 0.3) is 10.0 Å². The molecule has 3 N–H and O–H groups in total. The van der Waals surface area contributed by atoms with Crippen molar-refractivity contribution in [1.29, 1.82) is 0 Å². The molecule has 1 aliphatic rings. The monoisotopic (exact) mass is 383 g/mol. The van der Waals surface area contributed by atoms with Crippen molar-refractivity contribution in [1.82, 2.24) is 9.71 Å². The van der Waals surface area contributed by atoms with E-state index < -0.39 is 21.5 Å². The molecule has 0 unspecified atom stereocenters. The van der Waals surface area contributed by atoms with E-state index in [1.807, 2.05) is 0 Å². The number of nitrogens with one attached hydrogen (secondary N) is 1. The standard InChI is InChI=1S/C13H21N3O4S2.ClH/c1-20-11(17)10-12(21-9-15-10)22(18,19)16-8-13(14)6-4-2-3-5-7-13;/h9,16H,2-8,14H2,1H3;1H. The highest BCUT2D eigenvalue weighted by Crippen LogP contribution is 2.26. The van der Waals surface area contributed by atoms with Gasteiger partial charge in [-0.2, -0.15) is 0 Å². The number of halogens is 1. The van der Waals surface area contributed by atoms with Crippen LogP contribution in [0.1, 0.15) is 49.0 Å². The maximum Gasteiger partial charge on any atom is 0.358 e. The summed E-state index contributed by atoms with van der Waals surface area (Å²) in [5.41, 5.74) is 6.91. The Morgan fingerprint density at radius 3 is 2.57 bits per heavy atom. The Kier molecular flexibility index (Phi) is 7.40. The highest BCUT2D eigenvalue weighted by molar-refractivity contribution is 7.91. The van der Waals surface area contributed by atoms with Crippen LogP contribution in [0.25, 0.3) is 0 Å². The number of aromatic nitrogens is 1. The molecule has 23 heavy (non-hydrogen) atoms. The molecule has 1 aromatic heterocycles. The molecule has 0 amide bonds. The molecule has 1 saturated carbocycles. The van der Waals surface area contributed by atoms with Crippen molar-refractivity contribution in [3.63, 3.8) is 0 Å². The van der Waals surface area contributed by atoms with Crippen LogP contribution in [-0.4, -0.2) is 38.6 Å². The van der Waals surface area contributed by atoms with Crippen molar-refractivity contribution in [2.45, 2.75) is 48.3 Å². The molecule has 1 fully saturated rings. The summed E-state index contributed by atoms with van der Waals surface area (Å²) in [6.45, 7) is 0.161. The second-order valence-corrected chi connectivity index (χ2v) is 8.40. The zero-order chi connectivity index (χ0) is 16.2. The third-order valence-corrected chi connectivity index (χ3v) is 6.64. The van der Waals surface area contributed by atoms with E-state index in [4.69, 9.17) is 5.73 Å². The van der Waals surface area contributed by atoms with Gasteiger partial charge >= 0.3 is 5.97 Å². The fourth-order valence-electron chi connectivity index (χ4n) is 2.57. The van der Waals surface area contributed by atoms with E-state index in [9.17, 15) is 13.2 Å². The summed E-state index contributed by atoms with van der Waals surface area (Å²) in [4.78, 5) is 15.3. The second kappa shape index (κ2) is 8.39. The number of sulfonamides is 1. The summed E-state index contributed by atoms with van der Waals surface area (Å²) in [5, 5.41) is 0. The van der Waals surface area contributed by atoms with E-state index in [-0.39, 0.29) is 28.9 Å². The third kappa shape index (κ3) is 5.12. The Labute approximate surface area is 146 Å². The number of ether oxygens (including phenoxy) is 1. The minimum atomic E-state index is -3.83. The van der Waals surface area contributed by atoms with Crippen LogP contribution < -0.4 is 10.5 Å².